The van der Waals surface area contributed by atoms with Crippen LogP contribution >= 0.6 is 0 Å². The van der Waals surface area contributed by atoms with Gasteiger partial charge in [0.25, 0.3) is 0 Å². The topological polar surface area (TPSA) is 35.5 Å². The number of methoxy groups -OCH3 is 1. The van der Waals surface area contributed by atoms with Crippen molar-refractivity contribution < 1.29 is 14.3 Å². The second-order valence-corrected chi connectivity index (χ2v) is 9.62. The number of terminal acetylenes is 1. The van der Waals surface area contributed by atoms with E-state index in [4.69, 9.17) is 15.9 Å². The number of aldehydes is 1. The lowest BCUT2D eigenvalue weighted by Crippen LogP contribution is -2.51. The van der Waals surface area contributed by atoms with Gasteiger partial charge in [0.05, 0.1) is 12.9 Å². The lowest BCUT2D eigenvalue weighted by Gasteiger charge is -2.54. The van der Waals surface area contributed by atoms with Crippen molar-refractivity contribution >= 4 is 6.29 Å². The molecule has 4 aliphatic rings. The molecular formula is C27H30O3. The van der Waals surface area contributed by atoms with Gasteiger partial charge in [0.15, 0.2) is 0 Å². The van der Waals surface area contributed by atoms with Crippen molar-refractivity contribution in [1.29, 1.82) is 0 Å². The molecule has 156 valence electrons. The van der Waals surface area contributed by atoms with Gasteiger partial charge in [-0.05, 0) is 60.6 Å². The third-order valence-corrected chi connectivity index (χ3v) is 8.65. The molecule has 30 heavy (non-hydrogen) atoms. The summed E-state index contributed by atoms with van der Waals surface area (Å²) in [4.78, 5) is 11.2. The van der Waals surface area contributed by atoms with E-state index in [0.717, 1.165) is 57.0 Å². The maximum atomic E-state index is 11.2. The lowest BCUT2D eigenvalue weighted by atomic mass is 9.51. The summed E-state index contributed by atoms with van der Waals surface area (Å²) in [5.41, 5.74) is 5.97. The molecule has 3 nitrogen and oxygen atoms in total. The average molecular weight is 403 g/mol. The van der Waals surface area contributed by atoms with Gasteiger partial charge in [-0.3, -0.25) is 4.79 Å². The zero-order valence-electron chi connectivity index (χ0n) is 17.9. The Balaban J connectivity index is 1.68. The second-order valence-electron chi connectivity index (χ2n) is 9.62. The molecule has 5 atom stereocenters. The van der Waals surface area contributed by atoms with E-state index in [1.54, 1.807) is 12.7 Å². The van der Waals surface area contributed by atoms with Crippen molar-refractivity contribution in [1.82, 2.24) is 0 Å². The van der Waals surface area contributed by atoms with Crippen LogP contribution in [0.4, 0.5) is 0 Å². The van der Waals surface area contributed by atoms with E-state index < -0.39 is 5.60 Å². The molecule has 0 spiro atoms. The van der Waals surface area contributed by atoms with Crippen molar-refractivity contribution in [3.05, 3.63) is 58.4 Å². The van der Waals surface area contributed by atoms with E-state index in [9.17, 15) is 4.79 Å². The predicted molar refractivity (Wildman–Crippen MR) is 117 cm³/mol. The number of ether oxygens (including phenoxy) is 2. The zero-order chi connectivity index (χ0) is 20.9. The van der Waals surface area contributed by atoms with Gasteiger partial charge in [0.2, 0.25) is 0 Å². The van der Waals surface area contributed by atoms with Gasteiger partial charge in [0, 0.05) is 30.4 Å². The monoisotopic (exact) mass is 402 g/mol. The molecule has 1 heterocycles. The molecule has 0 bridgehead atoms. The molecule has 1 aromatic rings. The SMILES string of the molecule is C#C[C@]1(OC)CCC2C3CCC4=COCCC4=C3[C@@H](c3ccc(C=O)cc3)C[C@@]21C. The fraction of sp³-hybridized carbons (Fsp3) is 0.519. The van der Waals surface area contributed by atoms with Crippen LogP contribution in [0.25, 0.3) is 0 Å². The molecule has 2 fully saturated rings. The molecule has 3 heteroatoms. The van der Waals surface area contributed by atoms with E-state index in [0.29, 0.717) is 17.8 Å². The molecule has 0 aromatic heterocycles. The number of fused-ring (bicyclic) bond motifs is 4. The van der Waals surface area contributed by atoms with Crippen LogP contribution in [0.2, 0.25) is 0 Å². The highest BCUT2D eigenvalue weighted by Gasteiger charge is 2.63. The van der Waals surface area contributed by atoms with Crippen LogP contribution in [0.5, 0.6) is 0 Å². The summed E-state index contributed by atoms with van der Waals surface area (Å²) in [6.07, 6.45) is 15.3. The molecule has 5 rings (SSSR count). The van der Waals surface area contributed by atoms with Crippen molar-refractivity contribution in [2.24, 2.45) is 17.3 Å². The van der Waals surface area contributed by atoms with Gasteiger partial charge in [-0.25, -0.2) is 0 Å². The van der Waals surface area contributed by atoms with Crippen molar-refractivity contribution in [3.63, 3.8) is 0 Å². The Kier molecular flexibility index (Phi) is 4.67. The number of benzene rings is 1. The van der Waals surface area contributed by atoms with E-state index in [2.05, 4.69) is 25.0 Å². The van der Waals surface area contributed by atoms with E-state index >= 15 is 0 Å². The summed E-state index contributed by atoms with van der Waals surface area (Å²) >= 11 is 0. The first kappa shape index (κ1) is 19.6. The van der Waals surface area contributed by atoms with Gasteiger partial charge >= 0.3 is 0 Å². The molecule has 1 aromatic carbocycles. The van der Waals surface area contributed by atoms with Crippen LogP contribution in [0, 0.1) is 29.6 Å². The maximum Gasteiger partial charge on any atom is 0.150 e. The van der Waals surface area contributed by atoms with Crippen LogP contribution in [0.1, 0.15) is 67.3 Å². The highest BCUT2D eigenvalue weighted by Crippen LogP contribution is 2.67. The lowest BCUT2D eigenvalue weighted by molar-refractivity contribution is -0.0785. The molecule has 0 amide bonds. The summed E-state index contributed by atoms with van der Waals surface area (Å²) < 4.78 is 11.8. The average Bonchev–Trinajstić information content (AvgIpc) is 3.10. The molecule has 0 radical (unpaired) electrons. The van der Waals surface area contributed by atoms with Crippen molar-refractivity contribution in [2.75, 3.05) is 13.7 Å². The van der Waals surface area contributed by atoms with E-state index in [-0.39, 0.29) is 5.41 Å². The predicted octanol–water partition coefficient (Wildman–Crippen LogP) is 5.43. The summed E-state index contributed by atoms with van der Waals surface area (Å²) in [7, 11) is 1.79. The summed E-state index contributed by atoms with van der Waals surface area (Å²) in [5, 5.41) is 0. The highest BCUT2D eigenvalue weighted by molar-refractivity contribution is 5.74. The number of carbonyl (C=O) groups is 1. The summed E-state index contributed by atoms with van der Waals surface area (Å²) in [6.45, 7) is 3.14. The maximum absolute atomic E-state index is 11.2. The molecule has 3 aliphatic carbocycles. The molecule has 2 unspecified atom stereocenters. The third kappa shape index (κ3) is 2.59. The fourth-order valence-electron chi connectivity index (χ4n) is 7.16. The molecule has 2 saturated carbocycles. The second kappa shape index (κ2) is 7.13. The first-order valence-corrected chi connectivity index (χ1v) is 11.2. The number of carbonyl (C=O) groups excluding carboxylic acids is 1. The van der Waals surface area contributed by atoms with Gasteiger partial charge in [-0.15, -0.1) is 6.42 Å². The Labute approximate surface area is 179 Å². The molecule has 1 aliphatic heterocycles. The Morgan fingerprint density at radius 1 is 1.23 bits per heavy atom. The minimum Gasteiger partial charge on any atom is -0.501 e. The summed E-state index contributed by atoms with van der Waals surface area (Å²) in [5.74, 6) is 4.48. The fourth-order valence-corrected chi connectivity index (χ4v) is 7.16. The van der Waals surface area contributed by atoms with Crippen molar-refractivity contribution in [3.8, 4) is 12.3 Å². The van der Waals surface area contributed by atoms with Gasteiger partial charge in [-0.1, -0.05) is 42.7 Å². The molecular weight excluding hydrogens is 372 g/mol. The molecule has 0 saturated heterocycles. The normalized spacial score (nSPS) is 37.2. The Morgan fingerprint density at radius 3 is 2.73 bits per heavy atom. The van der Waals surface area contributed by atoms with Gasteiger partial charge < -0.3 is 9.47 Å². The van der Waals surface area contributed by atoms with Crippen molar-refractivity contribution in [2.45, 2.75) is 57.0 Å². The smallest absolute Gasteiger partial charge is 0.150 e. The Morgan fingerprint density at radius 2 is 2.03 bits per heavy atom. The van der Waals surface area contributed by atoms with E-state index in [1.165, 1.54) is 16.7 Å². The van der Waals surface area contributed by atoms with Crippen LogP contribution in [0.3, 0.4) is 0 Å². The Bertz CT molecular complexity index is 963. The van der Waals surface area contributed by atoms with Crippen LogP contribution in [-0.2, 0) is 9.47 Å². The minimum absolute atomic E-state index is 0.0639. The first-order valence-electron chi connectivity index (χ1n) is 11.2. The van der Waals surface area contributed by atoms with E-state index in [1.807, 2.05) is 18.4 Å². The third-order valence-electron chi connectivity index (χ3n) is 8.65. The summed E-state index contributed by atoms with van der Waals surface area (Å²) in [6, 6.07) is 8.17. The molecule has 0 N–H and O–H groups in total. The van der Waals surface area contributed by atoms with Crippen LogP contribution in [-0.4, -0.2) is 25.6 Å². The van der Waals surface area contributed by atoms with Crippen LogP contribution < -0.4 is 0 Å². The minimum atomic E-state index is -0.499. The largest absolute Gasteiger partial charge is 0.501 e. The number of hydrogen-bond donors (Lipinski definition) is 0. The number of hydrogen-bond acceptors (Lipinski definition) is 3. The quantitative estimate of drug-likeness (QED) is 0.499. The number of allylic oxidation sites excluding steroid dienone is 2. The standard InChI is InChI=1S/C27H30O3/c1-4-27(29-3)13-11-24-22-10-9-20-17-30-14-12-21(20)25(22)23(15-26(24,27)2)19-7-5-18(16-28)6-8-19/h1,5-8,16-17,22-24H,9-15H2,2-3H3/t22?,23-,24?,26+,27+/m1/s1. The highest BCUT2D eigenvalue weighted by atomic mass is 16.5. The van der Waals surface area contributed by atoms with Crippen LogP contribution in [0.15, 0.2) is 47.2 Å². The zero-order valence-corrected chi connectivity index (χ0v) is 17.9. The van der Waals surface area contributed by atoms with Gasteiger partial charge in [-0.2, -0.15) is 0 Å². The Hall–Kier alpha value is -2.31. The van der Waals surface area contributed by atoms with Gasteiger partial charge in [0.1, 0.15) is 11.9 Å². The first-order chi connectivity index (χ1) is 14.6. The number of rotatable bonds is 3.